The van der Waals surface area contributed by atoms with Crippen LogP contribution in [0, 0.1) is 5.82 Å². The second kappa shape index (κ2) is 10.6. The summed E-state index contributed by atoms with van der Waals surface area (Å²) in [5.41, 5.74) is 1.36. The Kier molecular flexibility index (Phi) is 7.45. The highest BCUT2D eigenvalue weighted by atomic mass is 35.5. The zero-order valence-electron chi connectivity index (χ0n) is 20.7. The molecule has 0 spiro atoms. The molecule has 1 atom stereocenters. The Labute approximate surface area is 218 Å². The van der Waals surface area contributed by atoms with E-state index in [1.54, 1.807) is 24.3 Å². The maximum atomic E-state index is 14.1. The number of anilines is 1. The quantitative estimate of drug-likeness (QED) is 0.338. The summed E-state index contributed by atoms with van der Waals surface area (Å²) in [6.45, 7) is 5.45. The van der Waals surface area contributed by atoms with Gasteiger partial charge < -0.3 is 10.4 Å². The molecule has 0 bridgehead atoms. The average molecular weight is 524 g/mol. The predicted octanol–water partition coefficient (Wildman–Crippen LogP) is 5.01. The van der Waals surface area contributed by atoms with Crippen LogP contribution in [0.3, 0.4) is 0 Å². The minimum absolute atomic E-state index is 0.00795. The Morgan fingerprint density at radius 2 is 1.84 bits per heavy atom. The average Bonchev–Trinajstić information content (AvgIpc) is 3.27. The summed E-state index contributed by atoms with van der Waals surface area (Å²) < 4.78 is 15.5. The molecule has 0 aliphatic heterocycles. The number of fused-ring (bicyclic) bond motifs is 1. The van der Waals surface area contributed by atoms with Gasteiger partial charge in [-0.25, -0.2) is 9.07 Å². The van der Waals surface area contributed by atoms with Crippen molar-refractivity contribution >= 4 is 40.1 Å². The lowest BCUT2D eigenvalue weighted by atomic mass is 9.98. The lowest BCUT2D eigenvalue weighted by molar-refractivity contribution is -0.128. The van der Waals surface area contributed by atoms with Crippen molar-refractivity contribution in [2.45, 2.75) is 45.3 Å². The van der Waals surface area contributed by atoms with Crippen LogP contribution in [0.15, 0.2) is 66.7 Å². The third-order valence-corrected chi connectivity index (χ3v) is 6.51. The molecule has 192 valence electrons. The van der Waals surface area contributed by atoms with Crippen molar-refractivity contribution in [1.29, 1.82) is 0 Å². The third kappa shape index (κ3) is 5.72. The molecular formula is C27H27ClFN5O3. The number of phenols is 1. The van der Waals surface area contributed by atoms with Gasteiger partial charge in [0, 0.05) is 11.2 Å². The van der Waals surface area contributed by atoms with Crippen molar-refractivity contribution in [2.75, 3.05) is 4.90 Å². The van der Waals surface area contributed by atoms with Crippen molar-refractivity contribution in [3.8, 4) is 5.75 Å². The molecule has 4 aromatic rings. The number of para-hydroxylation sites is 1. The minimum atomic E-state index is -1.16. The van der Waals surface area contributed by atoms with Gasteiger partial charge >= 0.3 is 0 Å². The van der Waals surface area contributed by atoms with Gasteiger partial charge in [0.15, 0.2) is 0 Å². The molecule has 0 saturated carbocycles. The Hall–Kier alpha value is -3.98. The van der Waals surface area contributed by atoms with Gasteiger partial charge in [0.05, 0.1) is 10.5 Å². The first-order valence-electron chi connectivity index (χ1n) is 11.8. The number of hydrogen-bond acceptors (Lipinski definition) is 5. The smallest absolute Gasteiger partial charge is 0.249 e. The first-order chi connectivity index (χ1) is 17.6. The van der Waals surface area contributed by atoms with E-state index in [9.17, 15) is 19.1 Å². The monoisotopic (exact) mass is 523 g/mol. The summed E-state index contributed by atoms with van der Waals surface area (Å²) in [5, 5.41) is 20.9. The summed E-state index contributed by atoms with van der Waals surface area (Å²) >= 11 is 6.09. The maximum Gasteiger partial charge on any atom is 0.249 e. The van der Waals surface area contributed by atoms with Crippen LogP contribution in [0.4, 0.5) is 10.1 Å². The van der Waals surface area contributed by atoms with Crippen LogP contribution in [0.1, 0.15) is 38.8 Å². The number of rotatable bonds is 8. The fourth-order valence-corrected chi connectivity index (χ4v) is 4.05. The molecule has 0 radical (unpaired) electrons. The Bertz CT molecular complexity index is 1440. The van der Waals surface area contributed by atoms with E-state index < -0.39 is 29.2 Å². The number of carbonyl (C=O) groups excluding carboxylic acids is 2. The highest BCUT2D eigenvalue weighted by molar-refractivity contribution is 6.31. The number of nitrogens with one attached hydrogen (secondary N) is 1. The molecule has 10 heteroatoms. The lowest BCUT2D eigenvalue weighted by Gasteiger charge is -2.34. The molecular weight excluding hydrogens is 497 g/mol. The second-order valence-corrected chi connectivity index (χ2v) is 9.73. The predicted molar refractivity (Wildman–Crippen MR) is 140 cm³/mol. The maximum absolute atomic E-state index is 14.1. The molecule has 2 amide bonds. The molecule has 2 N–H and O–H groups in total. The highest BCUT2D eigenvalue weighted by Gasteiger charge is 2.35. The van der Waals surface area contributed by atoms with Gasteiger partial charge in [-0.05, 0) is 68.3 Å². The number of benzene rings is 3. The first kappa shape index (κ1) is 26.1. The van der Waals surface area contributed by atoms with Crippen molar-refractivity contribution in [2.24, 2.45) is 0 Å². The molecule has 0 fully saturated rings. The molecule has 0 saturated heterocycles. The summed E-state index contributed by atoms with van der Waals surface area (Å²) in [6.07, 6.45) is 0.641. The van der Waals surface area contributed by atoms with Crippen LogP contribution in [-0.2, 0) is 16.1 Å². The molecule has 0 aliphatic carbocycles. The number of hydrogen-bond donors (Lipinski definition) is 2. The molecule has 3 aromatic carbocycles. The van der Waals surface area contributed by atoms with Gasteiger partial charge in [0.25, 0.3) is 0 Å². The van der Waals surface area contributed by atoms with Crippen LogP contribution >= 0.6 is 11.6 Å². The lowest BCUT2D eigenvalue weighted by Crippen LogP contribution is -2.51. The number of carbonyl (C=O) groups is 2. The van der Waals surface area contributed by atoms with Crippen LogP contribution < -0.4 is 10.2 Å². The number of aromatic hydroxyl groups is 1. The van der Waals surface area contributed by atoms with Crippen LogP contribution in [0.5, 0.6) is 5.75 Å². The van der Waals surface area contributed by atoms with Gasteiger partial charge in [-0.3, -0.25) is 14.5 Å². The van der Waals surface area contributed by atoms with E-state index in [2.05, 4.69) is 15.6 Å². The van der Waals surface area contributed by atoms with E-state index in [0.29, 0.717) is 23.0 Å². The Balaban J connectivity index is 1.84. The van der Waals surface area contributed by atoms with Gasteiger partial charge in [0.1, 0.15) is 29.7 Å². The van der Waals surface area contributed by atoms with Crippen molar-refractivity contribution < 1.29 is 19.1 Å². The zero-order chi connectivity index (χ0) is 26.7. The topological polar surface area (TPSA) is 100 Å². The second-order valence-electron chi connectivity index (χ2n) is 9.32. The standard InChI is InChI=1S/C27H27ClFN5O3/c1-4-27(2,3)30-26(37)25(17-9-12-19(35)13-10-17)34(18-11-14-21(29)20(28)15-18)24(36)16-33-23-8-6-5-7-22(23)31-32-33/h5-15,25,35H,4,16H2,1-3H3,(H,30,37). The summed E-state index contributed by atoms with van der Waals surface area (Å²) in [6, 6.07) is 15.9. The van der Waals surface area contributed by atoms with Gasteiger partial charge in [-0.1, -0.05) is 48.0 Å². The summed E-state index contributed by atoms with van der Waals surface area (Å²) in [5.74, 6) is -1.60. The van der Waals surface area contributed by atoms with Crippen LogP contribution in [0.25, 0.3) is 11.0 Å². The Morgan fingerprint density at radius 3 is 2.51 bits per heavy atom. The molecule has 37 heavy (non-hydrogen) atoms. The van der Waals surface area contributed by atoms with E-state index in [0.717, 1.165) is 6.07 Å². The number of nitrogens with zero attached hydrogens (tertiary/aromatic N) is 4. The van der Waals surface area contributed by atoms with Crippen molar-refractivity contribution in [3.05, 3.63) is 83.1 Å². The fourth-order valence-electron chi connectivity index (χ4n) is 3.87. The van der Waals surface area contributed by atoms with Crippen molar-refractivity contribution in [1.82, 2.24) is 20.3 Å². The van der Waals surface area contributed by atoms with E-state index in [-0.39, 0.29) is 23.0 Å². The van der Waals surface area contributed by atoms with E-state index in [1.165, 1.54) is 33.8 Å². The van der Waals surface area contributed by atoms with Crippen molar-refractivity contribution in [3.63, 3.8) is 0 Å². The fraction of sp³-hybridized carbons (Fsp3) is 0.259. The molecule has 4 rings (SSSR count). The number of halogens is 2. The van der Waals surface area contributed by atoms with Gasteiger partial charge in [-0.15, -0.1) is 5.10 Å². The molecule has 1 unspecified atom stereocenters. The first-order valence-corrected chi connectivity index (χ1v) is 12.1. The molecule has 1 heterocycles. The highest BCUT2D eigenvalue weighted by Crippen LogP contribution is 2.32. The molecule has 0 aliphatic rings. The van der Waals surface area contributed by atoms with Crippen LogP contribution in [0.2, 0.25) is 5.02 Å². The van der Waals surface area contributed by atoms with E-state index in [1.807, 2.05) is 32.9 Å². The van der Waals surface area contributed by atoms with E-state index >= 15 is 0 Å². The van der Waals surface area contributed by atoms with Gasteiger partial charge in [0.2, 0.25) is 11.8 Å². The molecule has 1 aromatic heterocycles. The largest absolute Gasteiger partial charge is 0.508 e. The Morgan fingerprint density at radius 1 is 1.14 bits per heavy atom. The number of amides is 2. The van der Waals surface area contributed by atoms with Crippen LogP contribution in [-0.4, -0.2) is 37.5 Å². The summed E-state index contributed by atoms with van der Waals surface area (Å²) in [7, 11) is 0. The van der Waals surface area contributed by atoms with E-state index in [4.69, 9.17) is 11.6 Å². The minimum Gasteiger partial charge on any atom is -0.508 e. The number of phenolic OH excluding ortho intramolecular Hbond substituents is 1. The molecule has 8 nitrogen and oxygen atoms in total. The van der Waals surface area contributed by atoms with Gasteiger partial charge in [-0.2, -0.15) is 0 Å². The third-order valence-electron chi connectivity index (χ3n) is 6.22. The normalized spacial score (nSPS) is 12.4. The SMILES string of the molecule is CCC(C)(C)NC(=O)C(c1ccc(O)cc1)N(C(=O)Cn1nnc2ccccc21)c1ccc(F)c(Cl)c1. The zero-order valence-corrected chi connectivity index (χ0v) is 21.4. The number of aromatic nitrogens is 3. The summed E-state index contributed by atoms with van der Waals surface area (Å²) in [4.78, 5) is 29.0.